The Hall–Kier alpha value is -1.04. The fourth-order valence-corrected chi connectivity index (χ4v) is 3.25. The largest absolute Gasteiger partial charge is 0.389 e. The maximum absolute atomic E-state index is 12.1. The fourth-order valence-electron chi connectivity index (χ4n) is 2.27. The molecule has 1 aliphatic rings. The van der Waals surface area contributed by atoms with Gasteiger partial charge in [-0.05, 0) is 51.7 Å². The van der Waals surface area contributed by atoms with E-state index >= 15 is 0 Å². The summed E-state index contributed by atoms with van der Waals surface area (Å²) >= 11 is 1.56. The Balaban J connectivity index is 2.16. The second-order valence-electron chi connectivity index (χ2n) is 5.39. The van der Waals surface area contributed by atoms with Crippen molar-refractivity contribution < 1.29 is 9.90 Å². The first kappa shape index (κ1) is 15.4. The van der Waals surface area contributed by atoms with E-state index in [1.165, 1.54) is 0 Å². The minimum Gasteiger partial charge on any atom is -0.389 e. The van der Waals surface area contributed by atoms with Crippen LogP contribution in [-0.2, 0) is 4.79 Å². The van der Waals surface area contributed by atoms with Crippen molar-refractivity contribution in [2.45, 2.75) is 24.3 Å². The maximum atomic E-state index is 12.1. The van der Waals surface area contributed by atoms with E-state index in [9.17, 15) is 9.90 Å². The van der Waals surface area contributed by atoms with Gasteiger partial charge in [0.25, 0.3) is 0 Å². The average Bonchev–Trinajstić information content (AvgIpc) is 2.40. The normalized spacial score (nSPS) is 16.4. The van der Waals surface area contributed by atoms with Gasteiger partial charge in [-0.3, -0.25) is 4.79 Å². The zero-order valence-electron chi connectivity index (χ0n) is 12.3. The van der Waals surface area contributed by atoms with Gasteiger partial charge in [0.1, 0.15) is 0 Å². The molecule has 2 rings (SSSR count). The Kier molecular flexibility index (Phi) is 5.07. The number of aliphatic hydroxyl groups is 1. The molecule has 0 fully saturated rings. The highest BCUT2D eigenvalue weighted by Gasteiger charge is 2.24. The number of carbonyl (C=O) groups excluding carboxylic acids is 1. The molecule has 1 aromatic rings. The van der Waals surface area contributed by atoms with Crippen LogP contribution in [0.4, 0.5) is 5.69 Å². The summed E-state index contributed by atoms with van der Waals surface area (Å²) in [4.78, 5) is 17.2. The minimum atomic E-state index is -0.472. The Morgan fingerprint density at radius 2 is 2.20 bits per heavy atom. The number of nitrogens with zero attached hydrogens (tertiary/aromatic N) is 2. The van der Waals surface area contributed by atoms with Crippen LogP contribution in [0.25, 0.3) is 0 Å². The second kappa shape index (κ2) is 6.61. The molecule has 20 heavy (non-hydrogen) atoms. The molecule has 5 heteroatoms. The molecule has 0 radical (unpaired) electrons. The molecule has 1 amide bonds. The van der Waals surface area contributed by atoms with Crippen molar-refractivity contribution in [2.24, 2.45) is 0 Å². The fraction of sp³-hybridized carbons (Fsp3) is 0.533. The highest BCUT2D eigenvalue weighted by Crippen LogP contribution is 2.37. The van der Waals surface area contributed by atoms with Gasteiger partial charge in [0.05, 0.1) is 17.5 Å². The number of fused-ring (bicyclic) bond motifs is 1. The summed E-state index contributed by atoms with van der Waals surface area (Å²) in [5, 5.41) is 9.65. The number of hydrogen-bond acceptors (Lipinski definition) is 4. The van der Waals surface area contributed by atoms with Crippen LogP contribution in [0.5, 0.6) is 0 Å². The minimum absolute atomic E-state index is 0.172. The predicted octanol–water partition coefficient (Wildman–Crippen LogP) is 2.13. The van der Waals surface area contributed by atoms with Crippen molar-refractivity contribution in [1.29, 1.82) is 0 Å². The van der Waals surface area contributed by atoms with Gasteiger partial charge in [0.2, 0.25) is 5.91 Å². The molecule has 1 aliphatic heterocycles. The van der Waals surface area contributed by atoms with Crippen LogP contribution in [0.3, 0.4) is 0 Å². The third-order valence-electron chi connectivity index (χ3n) is 3.40. The summed E-state index contributed by atoms with van der Waals surface area (Å²) in [6.07, 6.45) is 0.488. The summed E-state index contributed by atoms with van der Waals surface area (Å²) < 4.78 is 0. The Morgan fingerprint density at radius 1 is 1.45 bits per heavy atom. The third kappa shape index (κ3) is 3.53. The SMILES string of the molecule is CC(O)c1ccc2c(c1)SCC(=O)N2CCCN(C)C. The van der Waals surface area contributed by atoms with Crippen LogP contribution in [0.15, 0.2) is 23.1 Å². The lowest BCUT2D eigenvalue weighted by Crippen LogP contribution is -2.37. The number of rotatable bonds is 5. The van der Waals surface area contributed by atoms with Crippen molar-refractivity contribution in [3.63, 3.8) is 0 Å². The molecule has 0 saturated heterocycles. The van der Waals surface area contributed by atoms with Crippen molar-refractivity contribution in [3.05, 3.63) is 23.8 Å². The Bertz CT molecular complexity index is 489. The summed E-state index contributed by atoms with van der Waals surface area (Å²) in [5.74, 6) is 0.657. The topological polar surface area (TPSA) is 43.8 Å². The summed E-state index contributed by atoms with van der Waals surface area (Å²) in [6.45, 7) is 3.48. The monoisotopic (exact) mass is 294 g/mol. The van der Waals surface area contributed by atoms with Crippen LogP contribution < -0.4 is 4.90 Å². The zero-order chi connectivity index (χ0) is 14.7. The molecule has 0 spiro atoms. The number of carbonyl (C=O) groups is 1. The third-order valence-corrected chi connectivity index (χ3v) is 4.43. The first-order valence-electron chi connectivity index (χ1n) is 6.89. The summed E-state index contributed by atoms with van der Waals surface area (Å²) in [7, 11) is 4.08. The maximum Gasteiger partial charge on any atom is 0.237 e. The molecule has 1 unspecified atom stereocenters. The molecule has 0 saturated carbocycles. The van der Waals surface area contributed by atoms with Crippen LogP contribution in [-0.4, -0.2) is 48.9 Å². The van der Waals surface area contributed by atoms with E-state index in [-0.39, 0.29) is 5.91 Å². The predicted molar refractivity (Wildman–Crippen MR) is 83.3 cm³/mol. The highest BCUT2D eigenvalue weighted by atomic mass is 32.2. The van der Waals surface area contributed by atoms with Crippen molar-refractivity contribution in [3.8, 4) is 0 Å². The number of thioether (sulfide) groups is 1. The van der Waals surface area contributed by atoms with E-state index in [0.29, 0.717) is 5.75 Å². The molecular formula is C15H22N2O2S. The van der Waals surface area contributed by atoms with E-state index in [2.05, 4.69) is 4.90 Å². The van der Waals surface area contributed by atoms with Crippen LogP contribution in [0, 0.1) is 0 Å². The number of amides is 1. The molecule has 110 valence electrons. The standard InChI is InChI=1S/C15H22N2O2S/c1-11(18)12-5-6-13-14(9-12)20-10-15(19)17(13)8-4-7-16(2)3/h5-6,9,11,18H,4,7-8,10H2,1-3H3. The summed E-state index contributed by atoms with van der Waals surface area (Å²) in [6, 6.07) is 5.86. The molecular weight excluding hydrogens is 272 g/mol. The van der Waals surface area contributed by atoms with E-state index in [4.69, 9.17) is 0 Å². The molecule has 0 bridgehead atoms. The zero-order valence-corrected chi connectivity index (χ0v) is 13.1. The molecule has 4 nitrogen and oxygen atoms in total. The molecule has 1 aromatic carbocycles. The summed E-state index contributed by atoms with van der Waals surface area (Å²) in [5.41, 5.74) is 1.88. The van der Waals surface area contributed by atoms with Crippen LogP contribution >= 0.6 is 11.8 Å². The highest BCUT2D eigenvalue weighted by molar-refractivity contribution is 8.00. The Labute approximate surface area is 124 Å². The quantitative estimate of drug-likeness (QED) is 0.903. The van der Waals surface area contributed by atoms with Crippen molar-refractivity contribution >= 4 is 23.4 Å². The number of aliphatic hydroxyl groups excluding tert-OH is 1. The van der Waals surface area contributed by atoms with E-state index in [0.717, 1.165) is 35.7 Å². The van der Waals surface area contributed by atoms with Gasteiger partial charge in [-0.25, -0.2) is 0 Å². The van der Waals surface area contributed by atoms with Gasteiger partial charge >= 0.3 is 0 Å². The van der Waals surface area contributed by atoms with E-state index in [1.54, 1.807) is 18.7 Å². The molecule has 0 aromatic heterocycles. The van der Waals surface area contributed by atoms with Crippen molar-refractivity contribution in [2.75, 3.05) is 37.8 Å². The van der Waals surface area contributed by atoms with Crippen LogP contribution in [0.2, 0.25) is 0 Å². The molecule has 1 N–H and O–H groups in total. The van der Waals surface area contributed by atoms with Gasteiger partial charge < -0.3 is 14.9 Å². The average molecular weight is 294 g/mol. The van der Waals surface area contributed by atoms with Crippen molar-refractivity contribution in [1.82, 2.24) is 4.90 Å². The van der Waals surface area contributed by atoms with Gasteiger partial charge in [0, 0.05) is 11.4 Å². The van der Waals surface area contributed by atoms with Gasteiger partial charge in [-0.2, -0.15) is 0 Å². The first-order chi connectivity index (χ1) is 9.49. The Morgan fingerprint density at radius 3 is 2.85 bits per heavy atom. The molecule has 0 aliphatic carbocycles. The second-order valence-corrected chi connectivity index (χ2v) is 6.41. The number of benzene rings is 1. The van der Waals surface area contributed by atoms with Gasteiger partial charge in [-0.1, -0.05) is 6.07 Å². The first-order valence-corrected chi connectivity index (χ1v) is 7.87. The lowest BCUT2D eigenvalue weighted by molar-refractivity contribution is -0.116. The van der Waals surface area contributed by atoms with Gasteiger partial charge in [-0.15, -0.1) is 11.8 Å². The lowest BCUT2D eigenvalue weighted by atomic mass is 10.1. The molecule has 1 heterocycles. The van der Waals surface area contributed by atoms with E-state index < -0.39 is 6.10 Å². The number of anilines is 1. The van der Waals surface area contributed by atoms with Crippen LogP contribution in [0.1, 0.15) is 25.0 Å². The van der Waals surface area contributed by atoms with Gasteiger partial charge in [0.15, 0.2) is 0 Å². The van der Waals surface area contributed by atoms with E-state index in [1.807, 2.05) is 37.2 Å². The lowest BCUT2D eigenvalue weighted by Gasteiger charge is -2.30. The number of hydrogen-bond donors (Lipinski definition) is 1. The smallest absolute Gasteiger partial charge is 0.237 e. The molecule has 1 atom stereocenters.